The van der Waals surface area contributed by atoms with E-state index in [0.717, 1.165) is 25.7 Å². The number of aromatic nitrogens is 1. The fourth-order valence-corrected chi connectivity index (χ4v) is 2.27. The third kappa shape index (κ3) is 3.16. The SMILES string of the molecule is O=[N+]([O-])c1cccnc1NCC1CCC(O)CC1. The molecule has 1 aliphatic carbocycles. The van der Waals surface area contributed by atoms with E-state index in [4.69, 9.17) is 0 Å². The molecule has 1 aromatic rings. The van der Waals surface area contributed by atoms with Gasteiger partial charge in [0.15, 0.2) is 0 Å². The minimum absolute atomic E-state index is 0.00773. The molecule has 0 amide bonds. The lowest BCUT2D eigenvalue weighted by molar-refractivity contribution is -0.384. The predicted octanol–water partition coefficient (Wildman–Crippen LogP) is 1.95. The van der Waals surface area contributed by atoms with Crippen molar-refractivity contribution in [2.24, 2.45) is 5.92 Å². The van der Waals surface area contributed by atoms with Crippen LogP contribution in [0.1, 0.15) is 25.7 Å². The van der Waals surface area contributed by atoms with Gasteiger partial charge >= 0.3 is 5.69 Å². The second kappa shape index (κ2) is 5.77. The highest BCUT2D eigenvalue weighted by Gasteiger charge is 2.20. The molecule has 0 bridgehead atoms. The number of hydrogen-bond donors (Lipinski definition) is 2. The summed E-state index contributed by atoms with van der Waals surface area (Å²) in [5.74, 6) is 0.781. The molecule has 98 valence electrons. The van der Waals surface area contributed by atoms with Crippen LogP contribution in [0.4, 0.5) is 11.5 Å². The summed E-state index contributed by atoms with van der Waals surface area (Å²) in [4.78, 5) is 14.4. The first-order valence-corrected chi connectivity index (χ1v) is 6.18. The summed E-state index contributed by atoms with van der Waals surface area (Å²) in [6, 6.07) is 3.00. The molecule has 6 heteroatoms. The minimum atomic E-state index is -0.431. The van der Waals surface area contributed by atoms with Crippen LogP contribution in [0.2, 0.25) is 0 Å². The molecule has 1 heterocycles. The van der Waals surface area contributed by atoms with E-state index in [0.29, 0.717) is 18.3 Å². The first-order chi connectivity index (χ1) is 8.66. The topological polar surface area (TPSA) is 88.3 Å². The van der Waals surface area contributed by atoms with E-state index in [-0.39, 0.29) is 11.8 Å². The maximum atomic E-state index is 10.8. The molecule has 0 spiro atoms. The van der Waals surface area contributed by atoms with Gasteiger partial charge in [-0.05, 0) is 37.7 Å². The summed E-state index contributed by atoms with van der Waals surface area (Å²) in [6.07, 6.45) is 4.90. The Kier molecular flexibility index (Phi) is 4.09. The van der Waals surface area contributed by atoms with Gasteiger partial charge in [-0.1, -0.05) is 0 Å². The average molecular weight is 251 g/mol. The highest BCUT2D eigenvalue weighted by atomic mass is 16.6. The maximum Gasteiger partial charge on any atom is 0.311 e. The highest BCUT2D eigenvalue weighted by Crippen LogP contribution is 2.26. The minimum Gasteiger partial charge on any atom is -0.393 e. The van der Waals surface area contributed by atoms with Crippen molar-refractivity contribution in [2.45, 2.75) is 31.8 Å². The number of pyridine rings is 1. The Hall–Kier alpha value is -1.69. The Balaban J connectivity index is 1.92. The van der Waals surface area contributed by atoms with E-state index in [9.17, 15) is 15.2 Å². The highest BCUT2D eigenvalue weighted by molar-refractivity contribution is 5.54. The molecule has 6 nitrogen and oxygen atoms in total. The standard InChI is InChI=1S/C12H17N3O3/c16-10-5-3-9(4-6-10)8-14-12-11(15(17)18)2-1-7-13-12/h1-2,7,9-10,16H,3-6,8H2,(H,13,14). The van der Waals surface area contributed by atoms with Crippen molar-refractivity contribution in [3.05, 3.63) is 28.4 Å². The molecule has 0 aromatic carbocycles. The van der Waals surface area contributed by atoms with Crippen LogP contribution in [0.5, 0.6) is 0 Å². The van der Waals surface area contributed by atoms with Gasteiger partial charge in [-0.25, -0.2) is 4.98 Å². The summed E-state index contributed by atoms with van der Waals surface area (Å²) in [5, 5.41) is 23.3. The normalized spacial score (nSPS) is 23.6. The van der Waals surface area contributed by atoms with Crippen LogP contribution in [0.3, 0.4) is 0 Å². The zero-order chi connectivity index (χ0) is 13.0. The Morgan fingerprint density at radius 2 is 2.17 bits per heavy atom. The average Bonchev–Trinajstić information content (AvgIpc) is 2.38. The fraction of sp³-hybridized carbons (Fsp3) is 0.583. The van der Waals surface area contributed by atoms with Crippen LogP contribution in [0.15, 0.2) is 18.3 Å². The van der Waals surface area contributed by atoms with Gasteiger partial charge in [0.1, 0.15) is 0 Å². The molecule has 18 heavy (non-hydrogen) atoms. The molecular weight excluding hydrogens is 234 g/mol. The van der Waals surface area contributed by atoms with Gasteiger partial charge in [-0.3, -0.25) is 10.1 Å². The van der Waals surface area contributed by atoms with Crippen LogP contribution >= 0.6 is 0 Å². The second-order valence-corrected chi connectivity index (χ2v) is 4.68. The molecule has 2 N–H and O–H groups in total. The van der Waals surface area contributed by atoms with Gasteiger partial charge in [-0.15, -0.1) is 0 Å². The lowest BCUT2D eigenvalue weighted by atomic mass is 9.87. The fourth-order valence-electron chi connectivity index (χ4n) is 2.27. The molecule has 1 aliphatic rings. The predicted molar refractivity (Wildman–Crippen MR) is 67.3 cm³/mol. The molecular formula is C12H17N3O3. The van der Waals surface area contributed by atoms with E-state index in [1.165, 1.54) is 6.07 Å². The van der Waals surface area contributed by atoms with Gasteiger partial charge < -0.3 is 10.4 Å². The number of nitrogens with zero attached hydrogens (tertiary/aromatic N) is 2. The number of rotatable bonds is 4. The van der Waals surface area contributed by atoms with Gasteiger partial charge in [0.2, 0.25) is 5.82 Å². The van der Waals surface area contributed by atoms with E-state index in [1.807, 2.05) is 0 Å². The van der Waals surface area contributed by atoms with Crippen molar-refractivity contribution in [1.29, 1.82) is 0 Å². The number of hydrogen-bond acceptors (Lipinski definition) is 5. The van der Waals surface area contributed by atoms with E-state index < -0.39 is 4.92 Å². The third-order valence-electron chi connectivity index (χ3n) is 3.36. The summed E-state index contributed by atoms with van der Waals surface area (Å²) >= 11 is 0. The summed E-state index contributed by atoms with van der Waals surface area (Å²) < 4.78 is 0. The lowest BCUT2D eigenvalue weighted by Crippen LogP contribution is -2.24. The molecule has 1 fully saturated rings. The molecule has 2 rings (SSSR count). The Morgan fingerprint density at radius 1 is 1.44 bits per heavy atom. The molecule has 0 aliphatic heterocycles. The van der Waals surface area contributed by atoms with Gasteiger partial charge in [0.05, 0.1) is 11.0 Å². The summed E-state index contributed by atoms with van der Waals surface area (Å²) in [7, 11) is 0. The molecule has 0 atom stereocenters. The Labute approximate surface area is 105 Å². The van der Waals surface area contributed by atoms with Crippen molar-refractivity contribution in [3.63, 3.8) is 0 Å². The monoisotopic (exact) mass is 251 g/mol. The largest absolute Gasteiger partial charge is 0.393 e. The van der Waals surface area contributed by atoms with Crippen molar-refractivity contribution in [3.8, 4) is 0 Å². The van der Waals surface area contributed by atoms with Crippen LogP contribution < -0.4 is 5.32 Å². The second-order valence-electron chi connectivity index (χ2n) is 4.68. The first-order valence-electron chi connectivity index (χ1n) is 6.18. The zero-order valence-electron chi connectivity index (χ0n) is 10.1. The van der Waals surface area contributed by atoms with Crippen molar-refractivity contribution in [1.82, 2.24) is 4.98 Å². The van der Waals surface area contributed by atoms with E-state index in [2.05, 4.69) is 10.3 Å². The van der Waals surface area contributed by atoms with Gasteiger partial charge in [0, 0.05) is 18.8 Å². The smallest absolute Gasteiger partial charge is 0.311 e. The number of aliphatic hydroxyl groups excluding tert-OH is 1. The van der Waals surface area contributed by atoms with Crippen molar-refractivity contribution in [2.75, 3.05) is 11.9 Å². The molecule has 0 radical (unpaired) electrons. The van der Waals surface area contributed by atoms with Crippen LogP contribution in [-0.4, -0.2) is 27.7 Å². The molecule has 1 aromatic heterocycles. The molecule has 0 unspecified atom stereocenters. The zero-order valence-corrected chi connectivity index (χ0v) is 10.1. The van der Waals surface area contributed by atoms with Gasteiger partial charge in [-0.2, -0.15) is 0 Å². The molecule has 1 saturated carbocycles. The number of anilines is 1. The van der Waals surface area contributed by atoms with Crippen LogP contribution in [-0.2, 0) is 0 Å². The quantitative estimate of drug-likeness (QED) is 0.630. The van der Waals surface area contributed by atoms with Crippen molar-refractivity contribution >= 4 is 11.5 Å². The third-order valence-corrected chi connectivity index (χ3v) is 3.36. The van der Waals surface area contributed by atoms with Crippen LogP contribution in [0.25, 0.3) is 0 Å². The number of nitro groups is 1. The maximum absolute atomic E-state index is 10.8. The van der Waals surface area contributed by atoms with Gasteiger partial charge in [0.25, 0.3) is 0 Å². The van der Waals surface area contributed by atoms with Crippen molar-refractivity contribution < 1.29 is 10.0 Å². The number of aliphatic hydroxyl groups is 1. The van der Waals surface area contributed by atoms with E-state index in [1.54, 1.807) is 12.3 Å². The summed E-state index contributed by atoms with van der Waals surface area (Å²) in [6.45, 7) is 0.671. The Bertz CT molecular complexity index is 417. The lowest BCUT2D eigenvalue weighted by Gasteiger charge is -2.25. The first kappa shape index (κ1) is 12.8. The number of nitrogens with one attached hydrogen (secondary N) is 1. The van der Waals surface area contributed by atoms with E-state index >= 15 is 0 Å². The molecule has 0 saturated heterocycles. The Morgan fingerprint density at radius 3 is 2.83 bits per heavy atom. The van der Waals surface area contributed by atoms with Crippen LogP contribution in [0, 0.1) is 16.0 Å². The summed E-state index contributed by atoms with van der Waals surface area (Å²) in [5.41, 5.74) is 0.00773.